The molecular formula is C9H11ClFNS. The third-order valence-corrected chi connectivity index (χ3v) is 2.99. The van der Waals surface area contributed by atoms with Crippen LogP contribution in [-0.4, -0.2) is 12.3 Å². The van der Waals surface area contributed by atoms with E-state index in [0.717, 1.165) is 24.4 Å². The van der Waals surface area contributed by atoms with Crippen molar-refractivity contribution in [3.05, 3.63) is 29.6 Å². The van der Waals surface area contributed by atoms with Gasteiger partial charge in [0.1, 0.15) is 5.82 Å². The largest absolute Gasteiger partial charge is 0.312 e. The standard InChI is InChI=1S/C9H10FNS.ClH/c10-8-1-2-9-7(5-8)6-11-3-4-12-9;/h1-2,5,11H,3-4,6H2;1H. The Labute approximate surface area is 87.5 Å². The molecule has 1 nitrogen and oxygen atoms in total. The summed E-state index contributed by atoms with van der Waals surface area (Å²) in [6, 6.07) is 5.00. The molecule has 72 valence electrons. The normalized spacial score (nSPS) is 15.5. The number of nitrogens with one attached hydrogen (secondary N) is 1. The molecule has 2 rings (SSSR count). The van der Waals surface area contributed by atoms with Crippen molar-refractivity contribution in [3.8, 4) is 0 Å². The Kier molecular flexibility index (Phi) is 4.03. The van der Waals surface area contributed by atoms with Crippen LogP contribution in [0.4, 0.5) is 4.39 Å². The Morgan fingerprint density at radius 1 is 1.38 bits per heavy atom. The van der Waals surface area contributed by atoms with E-state index in [2.05, 4.69) is 5.32 Å². The summed E-state index contributed by atoms with van der Waals surface area (Å²) in [5, 5.41) is 3.24. The van der Waals surface area contributed by atoms with Crippen LogP contribution in [0.15, 0.2) is 23.1 Å². The van der Waals surface area contributed by atoms with Crippen molar-refractivity contribution in [3.63, 3.8) is 0 Å². The van der Waals surface area contributed by atoms with Crippen molar-refractivity contribution in [1.82, 2.24) is 5.32 Å². The van der Waals surface area contributed by atoms with Gasteiger partial charge in [0.25, 0.3) is 0 Å². The minimum absolute atomic E-state index is 0. The van der Waals surface area contributed by atoms with Gasteiger partial charge >= 0.3 is 0 Å². The Morgan fingerprint density at radius 2 is 2.23 bits per heavy atom. The van der Waals surface area contributed by atoms with Gasteiger partial charge in [0.2, 0.25) is 0 Å². The van der Waals surface area contributed by atoms with E-state index in [4.69, 9.17) is 0 Å². The highest BCUT2D eigenvalue weighted by atomic mass is 35.5. The first-order chi connectivity index (χ1) is 5.86. The zero-order valence-corrected chi connectivity index (χ0v) is 8.68. The molecule has 0 unspecified atom stereocenters. The van der Waals surface area contributed by atoms with E-state index < -0.39 is 0 Å². The summed E-state index contributed by atoms with van der Waals surface area (Å²) in [5.41, 5.74) is 1.08. The van der Waals surface area contributed by atoms with Crippen LogP contribution in [0.5, 0.6) is 0 Å². The molecule has 0 amide bonds. The lowest BCUT2D eigenvalue weighted by atomic mass is 10.2. The zero-order valence-electron chi connectivity index (χ0n) is 7.05. The van der Waals surface area contributed by atoms with Gasteiger partial charge in [-0.25, -0.2) is 4.39 Å². The smallest absolute Gasteiger partial charge is 0.123 e. The Balaban J connectivity index is 0.000000845. The van der Waals surface area contributed by atoms with Crippen molar-refractivity contribution >= 4 is 24.2 Å². The van der Waals surface area contributed by atoms with Crippen LogP contribution in [0.3, 0.4) is 0 Å². The molecule has 1 aromatic rings. The average Bonchev–Trinajstić information content (AvgIpc) is 2.28. The second-order valence-corrected chi connectivity index (χ2v) is 3.91. The second kappa shape index (κ2) is 4.84. The first-order valence-electron chi connectivity index (χ1n) is 3.98. The average molecular weight is 220 g/mol. The molecular weight excluding hydrogens is 209 g/mol. The lowest BCUT2D eigenvalue weighted by molar-refractivity contribution is 0.620. The number of benzene rings is 1. The number of fused-ring (bicyclic) bond motifs is 1. The molecule has 0 spiro atoms. The first kappa shape index (κ1) is 10.8. The van der Waals surface area contributed by atoms with Gasteiger partial charge in [-0.2, -0.15) is 0 Å². The van der Waals surface area contributed by atoms with Gasteiger partial charge in [-0.1, -0.05) is 0 Å². The highest BCUT2D eigenvalue weighted by molar-refractivity contribution is 7.99. The van der Waals surface area contributed by atoms with E-state index in [-0.39, 0.29) is 18.2 Å². The third kappa shape index (κ3) is 2.59. The molecule has 0 saturated carbocycles. The minimum atomic E-state index is -0.141. The van der Waals surface area contributed by atoms with Crippen LogP contribution in [0, 0.1) is 5.82 Å². The van der Waals surface area contributed by atoms with Gasteiger partial charge in [0, 0.05) is 23.7 Å². The number of rotatable bonds is 0. The molecule has 1 N–H and O–H groups in total. The predicted octanol–water partition coefficient (Wildman–Crippen LogP) is 2.44. The molecule has 0 atom stereocenters. The molecule has 1 aliphatic rings. The van der Waals surface area contributed by atoms with Crippen LogP contribution < -0.4 is 5.32 Å². The molecule has 0 saturated heterocycles. The molecule has 0 aromatic heterocycles. The van der Waals surface area contributed by atoms with E-state index >= 15 is 0 Å². The molecule has 1 aromatic carbocycles. The summed E-state index contributed by atoms with van der Waals surface area (Å²) in [5.74, 6) is 0.927. The summed E-state index contributed by atoms with van der Waals surface area (Å²) in [4.78, 5) is 1.21. The maximum absolute atomic E-state index is 12.8. The van der Waals surface area contributed by atoms with Gasteiger partial charge in [0.15, 0.2) is 0 Å². The number of hydrogen-bond acceptors (Lipinski definition) is 2. The van der Waals surface area contributed by atoms with Gasteiger partial charge < -0.3 is 5.32 Å². The third-order valence-electron chi connectivity index (χ3n) is 1.87. The summed E-state index contributed by atoms with van der Waals surface area (Å²) in [7, 11) is 0. The number of hydrogen-bond donors (Lipinski definition) is 1. The van der Waals surface area contributed by atoms with Gasteiger partial charge in [0.05, 0.1) is 0 Å². The van der Waals surface area contributed by atoms with E-state index in [1.165, 1.54) is 11.0 Å². The molecule has 0 bridgehead atoms. The summed E-state index contributed by atoms with van der Waals surface area (Å²) in [6.45, 7) is 1.79. The highest BCUT2D eigenvalue weighted by Gasteiger charge is 2.07. The van der Waals surface area contributed by atoms with Crippen LogP contribution in [-0.2, 0) is 6.54 Å². The fraction of sp³-hybridized carbons (Fsp3) is 0.333. The minimum Gasteiger partial charge on any atom is -0.312 e. The molecule has 0 radical (unpaired) electrons. The first-order valence-corrected chi connectivity index (χ1v) is 4.97. The lowest BCUT2D eigenvalue weighted by Crippen LogP contribution is -2.13. The predicted molar refractivity (Wildman–Crippen MR) is 56.1 cm³/mol. The van der Waals surface area contributed by atoms with Gasteiger partial charge in [-0.15, -0.1) is 24.2 Å². The maximum atomic E-state index is 12.8. The van der Waals surface area contributed by atoms with Crippen molar-refractivity contribution in [1.29, 1.82) is 0 Å². The molecule has 13 heavy (non-hydrogen) atoms. The topological polar surface area (TPSA) is 12.0 Å². The van der Waals surface area contributed by atoms with E-state index in [1.807, 2.05) is 6.07 Å². The molecule has 0 fully saturated rings. The number of thioether (sulfide) groups is 1. The highest BCUT2D eigenvalue weighted by Crippen LogP contribution is 2.24. The van der Waals surface area contributed by atoms with E-state index in [1.54, 1.807) is 17.8 Å². The van der Waals surface area contributed by atoms with Crippen molar-refractivity contribution in [2.75, 3.05) is 12.3 Å². The van der Waals surface area contributed by atoms with Crippen LogP contribution in [0.1, 0.15) is 5.56 Å². The van der Waals surface area contributed by atoms with Gasteiger partial charge in [-0.3, -0.25) is 0 Å². The fourth-order valence-electron chi connectivity index (χ4n) is 1.28. The maximum Gasteiger partial charge on any atom is 0.123 e. The van der Waals surface area contributed by atoms with Crippen molar-refractivity contribution in [2.24, 2.45) is 0 Å². The summed E-state index contributed by atoms with van der Waals surface area (Å²) < 4.78 is 12.8. The van der Waals surface area contributed by atoms with Crippen LogP contribution in [0.2, 0.25) is 0 Å². The lowest BCUT2D eigenvalue weighted by Gasteiger charge is -2.03. The molecule has 0 aliphatic carbocycles. The quantitative estimate of drug-likeness (QED) is 0.720. The SMILES string of the molecule is Cl.Fc1ccc2c(c1)CNCCS2. The fourth-order valence-corrected chi connectivity index (χ4v) is 2.23. The van der Waals surface area contributed by atoms with Crippen molar-refractivity contribution < 1.29 is 4.39 Å². The Bertz CT molecular complexity index is 293. The van der Waals surface area contributed by atoms with E-state index in [0.29, 0.717) is 0 Å². The van der Waals surface area contributed by atoms with Crippen molar-refractivity contribution in [2.45, 2.75) is 11.4 Å². The molecule has 1 aliphatic heterocycles. The van der Waals surface area contributed by atoms with Crippen LogP contribution >= 0.6 is 24.2 Å². The van der Waals surface area contributed by atoms with E-state index in [9.17, 15) is 4.39 Å². The van der Waals surface area contributed by atoms with Crippen LogP contribution in [0.25, 0.3) is 0 Å². The Hall–Kier alpha value is -0.250. The second-order valence-electron chi connectivity index (χ2n) is 2.78. The molecule has 4 heteroatoms. The number of halogens is 2. The Morgan fingerprint density at radius 3 is 3.08 bits per heavy atom. The zero-order chi connectivity index (χ0) is 8.39. The summed E-state index contributed by atoms with van der Waals surface area (Å²) in [6.07, 6.45) is 0. The summed E-state index contributed by atoms with van der Waals surface area (Å²) >= 11 is 1.79. The molecule has 1 heterocycles. The van der Waals surface area contributed by atoms with Gasteiger partial charge in [-0.05, 0) is 23.8 Å². The monoisotopic (exact) mass is 219 g/mol.